The van der Waals surface area contributed by atoms with Gasteiger partial charge in [-0.3, -0.25) is 4.79 Å². The summed E-state index contributed by atoms with van der Waals surface area (Å²) in [6.45, 7) is 4.22. The van der Waals surface area contributed by atoms with E-state index in [9.17, 15) is 4.79 Å². The summed E-state index contributed by atoms with van der Waals surface area (Å²) in [7, 11) is 0. The second-order valence-electron chi connectivity index (χ2n) is 4.24. The van der Waals surface area contributed by atoms with Crippen LogP contribution >= 0.6 is 15.9 Å². The maximum absolute atomic E-state index is 12.0. The normalized spacial score (nSPS) is 12.2. The fraction of sp³-hybridized carbons (Fsp3) is 0.500. The Kier molecular flexibility index (Phi) is 6.27. The van der Waals surface area contributed by atoms with Crippen LogP contribution in [0.15, 0.2) is 28.7 Å². The number of carbonyl (C=O) groups is 1. The van der Waals surface area contributed by atoms with Crippen LogP contribution in [0.2, 0.25) is 0 Å². The molecule has 0 aromatic heterocycles. The van der Waals surface area contributed by atoms with E-state index in [1.807, 2.05) is 24.3 Å². The van der Waals surface area contributed by atoms with Crippen molar-refractivity contribution in [3.8, 4) is 0 Å². The van der Waals surface area contributed by atoms with Gasteiger partial charge in [-0.1, -0.05) is 42.6 Å². The van der Waals surface area contributed by atoms with Crippen LogP contribution in [0.1, 0.15) is 39.5 Å². The molecule has 0 aliphatic carbocycles. The highest BCUT2D eigenvalue weighted by Gasteiger charge is 2.15. The fourth-order valence-electron chi connectivity index (χ4n) is 1.75. The van der Waals surface area contributed by atoms with Gasteiger partial charge in [0.05, 0.1) is 0 Å². The summed E-state index contributed by atoms with van der Waals surface area (Å²) in [4.78, 5) is 12.0. The molecule has 1 aromatic rings. The molecule has 0 fully saturated rings. The molecular weight excluding hydrogens is 278 g/mol. The third-order valence-electron chi connectivity index (χ3n) is 2.88. The van der Waals surface area contributed by atoms with Crippen LogP contribution in [0, 0.1) is 5.92 Å². The third-order valence-corrected chi connectivity index (χ3v) is 3.41. The second-order valence-corrected chi connectivity index (χ2v) is 5.16. The van der Waals surface area contributed by atoms with Crippen LogP contribution in [-0.4, -0.2) is 5.91 Å². The van der Waals surface area contributed by atoms with Crippen LogP contribution in [0.3, 0.4) is 0 Å². The summed E-state index contributed by atoms with van der Waals surface area (Å²) in [5, 5.41) is 2.97. The maximum Gasteiger partial charge on any atom is 0.227 e. The van der Waals surface area contributed by atoms with Gasteiger partial charge in [-0.05, 0) is 37.1 Å². The van der Waals surface area contributed by atoms with Crippen molar-refractivity contribution < 1.29 is 4.79 Å². The number of hydrogen-bond donors (Lipinski definition) is 1. The monoisotopic (exact) mass is 297 g/mol. The molecule has 0 spiro atoms. The Hall–Kier alpha value is -0.830. The summed E-state index contributed by atoms with van der Waals surface area (Å²) >= 11 is 3.38. The lowest BCUT2D eigenvalue weighted by molar-refractivity contribution is -0.120. The van der Waals surface area contributed by atoms with Crippen molar-refractivity contribution in [2.75, 3.05) is 5.32 Å². The summed E-state index contributed by atoms with van der Waals surface area (Å²) in [6.07, 6.45) is 4.14. The van der Waals surface area contributed by atoms with Gasteiger partial charge in [0.15, 0.2) is 0 Å². The molecule has 1 rings (SSSR count). The van der Waals surface area contributed by atoms with Crippen molar-refractivity contribution in [3.05, 3.63) is 28.7 Å². The Balaban J connectivity index is 2.54. The van der Waals surface area contributed by atoms with E-state index in [4.69, 9.17) is 0 Å². The van der Waals surface area contributed by atoms with E-state index in [1.54, 1.807) is 0 Å². The van der Waals surface area contributed by atoms with Crippen molar-refractivity contribution in [2.45, 2.75) is 39.5 Å². The maximum atomic E-state index is 12.0. The van der Waals surface area contributed by atoms with Crippen molar-refractivity contribution in [2.24, 2.45) is 5.92 Å². The van der Waals surface area contributed by atoms with Gasteiger partial charge >= 0.3 is 0 Å². The molecule has 1 atom stereocenters. The second kappa shape index (κ2) is 7.49. The van der Waals surface area contributed by atoms with Crippen molar-refractivity contribution >= 4 is 27.5 Å². The van der Waals surface area contributed by atoms with Gasteiger partial charge < -0.3 is 5.32 Å². The van der Waals surface area contributed by atoms with Crippen molar-refractivity contribution in [3.63, 3.8) is 0 Å². The lowest BCUT2D eigenvalue weighted by atomic mass is 9.98. The van der Waals surface area contributed by atoms with Gasteiger partial charge in [-0.2, -0.15) is 0 Å². The van der Waals surface area contributed by atoms with Gasteiger partial charge in [0.25, 0.3) is 0 Å². The van der Waals surface area contributed by atoms with E-state index in [0.29, 0.717) is 0 Å². The molecule has 0 heterocycles. The molecule has 1 N–H and O–H groups in total. The molecule has 0 radical (unpaired) electrons. The predicted octanol–water partition coefficient (Wildman–Crippen LogP) is 4.60. The van der Waals surface area contributed by atoms with E-state index in [1.165, 1.54) is 0 Å². The van der Waals surface area contributed by atoms with Gasteiger partial charge in [0.2, 0.25) is 5.91 Å². The Bertz CT molecular complexity index is 348. The molecule has 94 valence electrons. The number of rotatable bonds is 6. The number of nitrogens with one attached hydrogen (secondary N) is 1. The van der Waals surface area contributed by atoms with Crippen LogP contribution in [0.5, 0.6) is 0 Å². The number of anilines is 1. The highest BCUT2D eigenvalue weighted by Crippen LogP contribution is 2.18. The Labute approximate surface area is 112 Å². The summed E-state index contributed by atoms with van der Waals surface area (Å²) in [5.41, 5.74) is 0.869. The zero-order valence-corrected chi connectivity index (χ0v) is 12.1. The van der Waals surface area contributed by atoms with Crippen LogP contribution < -0.4 is 5.32 Å². The number of amides is 1. The highest BCUT2D eigenvalue weighted by atomic mass is 79.9. The fourth-order valence-corrected chi connectivity index (χ4v) is 2.01. The SMILES string of the molecule is CCCC[C@H](CC)C(=O)Nc1ccc(Br)cc1. The molecule has 0 saturated carbocycles. The first-order valence-corrected chi connectivity index (χ1v) is 7.03. The first-order chi connectivity index (χ1) is 8.17. The molecule has 3 heteroatoms. The number of halogens is 1. The van der Waals surface area contributed by atoms with Gasteiger partial charge in [-0.25, -0.2) is 0 Å². The average Bonchev–Trinajstić information content (AvgIpc) is 2.33. The van der Waals surface area contributed by atoms with Crippen LogP contribution in [0.4, 0.5) is 5.69 Å². The quantitative estimate of drug-likeness (QED) is 0.816. The molecule has 0 saturated heterocycles. The van der Waals surface area contributed by atoms with Gasteiger partial charge in [0.1, 0.15) is 0 Å². The smallest absolute Gasteiger partial charge is 0.227 e. The van der Waals surface area contributed by atoms with E-state index >= 15 is 0 Å². The zero-order valence-electron chi connectivity index (χ0n) is 10.5. The molecule has 17 heavy (non-hydrogen) atoms. The minimum Gasteiger partial charge on any atom is -0.326 e. The minimum absolute atomic E-state index is 0.138. The van der Waals surface area contributed by atoms with E-state index in [2.05, 4.69) is 35.1 Å². The Morgan fingerprint density at radius 2 is 1.94 bits per heavy atom. The van der Waals surface area contributed by atoms with Gasteiger partial charge in [0, 0.05) is 16.1 Å². The number of carbonyl (C=O) groups excluding carboxylic acids is 1. The molecule has 0 aliphatic rings. The molecule has 1 aromatic carbocycles. The van der Waals surface area contributed by atoms with Crippen molar-refractivity contribution in [1.82, 2.24) is 0 Å². The molecular formula is C14H20BrNO. The Morgan fingerprint density at radius 1 is 1.29 bits per heavy atom. The first-order valence-electron chi connectivity index (χ1n) is 6.23. The largest absolute Gasteiger partial charge is 0.326 e. The molecule has 2 nitrogen and oxygen atoms in total. The highest BCUT2D eigenvalue weighted by molar-refractivity contribution is 9.10. The van der Waals surface area contributed by atoms with E-state index < -0.39 is 0 Å². The number of benzene rings is 1. The third kappa shape index (κ3) is 4.90. The lowest BCUT2D eigenvalue weighted by Crippen LogP contribution is -2.22. The standard InChI is InChI=1S/C14H20BrNO/c1-3-5-6-11(4-2)14(17)16-13-9-7-12(15)8-10-13/h7-11H,3-6H2,1-2H3,(H,16,17)/t11-/m0/s1. The van der Waals surface area contributed by atoms with Crippen LogP contribution in [-0.2, 0) is 4.79 Å². The number of unbranched alkanes of at least 4 members (excludes halogenated alkanes) is 1. The topological polar surface area (TPSA) is 29.1 Å². The summed E-state index contributed by atoms with van der Waals surface area (Å²) < 4.78 is 1.02. The first kappa shape index (κ1) is 14.2. The van der Waals surface area contributed by atoms with E-state index in [-0.39, 0.29) is 11.8 Å². The summed E-state index contributed by atoms with van der Waals surface area (Å²) in [5.74, 6) is 0.280. The van der Waals surface area contributed by atoms with Crippen molar-refractivity contribution in [1.29, 1.82) is 0 Å². The zero-order chi connectivity index (χ0) is 12.7. The Morgan fingerprint density at radius 3 is 2.47 bits per heavy atom. The minimum atomic E-state index is 0.138. The summed E-state index contributed by atoms with van der Waals surface area (Å²) in [6, 6.07) is 7.69. The number of hydrogen-bond acceptors (Lipinski definition) is 1. The predicted molar refractivity (Wildman–Crippen MR) is 76.1 cm³/mol. The molecule has 1 amide bonds. The average molecular weight is 298 g/mol. The van der Waals surface area contributed by atoms with E-state index in [0.717, 1.165) is 35.8 Å². The van der Waals surface area contributed by atoms with Crippen LogP contribution in [0.25, 0.3) is 0 Å². The lowest BCUT2D eigenvalue weighted by Gasteiger charge is -2.14. The molecule has 0 bridgehead atoms. The molecule has 0 unspecified atom stereocenters. The molecule has 0 aliphatic heterocycles. The van der Waals surface area contributed by atoms with Gasteiger partial charge in [-0.15, -0.1) is 0 Å².